The van der Waals surface area contributed by atoms with Crippen LogP contribution in [0.3, 0.4) is 0 Å². The van der Waals surface area contributed by atoms with Crippen LogP contribution in [-0.4, -0.2) is 55.6 Å². The quantitative estimate of drug-likeness (QED) is 0.807. The van der Waals surface area contributed by atoms with Gasteiger partial charge in [-0.2, -0.15) is 4.31 Å². The first-order valence-electron chi connectivity index (χ1n) is 9.13. The molecule has 27 heavy (non-hydrogen) atoms. The third kappa shape index (κ3) is 4.44. The van der Waals surface area contributed by atoms with Crippen molar-refractivity contribution in [3.05, 3.63) is 29.3 Å². The zero-order chi connectivity index (χ0) is 19.6. The van der Waals surface area contributed by atoms with Gasteiger partial charge in [0.25, 0.3) is 0 Å². The van der Waals surface area contributed by atoms with Crippen molar-refractivity contribution in [3.8, 4) is 0 Å². The molecule has 0 aromatic heterocycles. The lowest BCUT2D eigenvalue weighted by molar-refractivity contribution is -0.139. The molecule has 0 spiro atoms. The Labute approximate surface area is 164 Å². The maximum absolute atomic E-state index is 12.7. The van der Waals surface area contributed by atoms with Gasteiger partial charge in [0.15, 0.2) is 0 Å². The van der Waals surface area contributed by atoms with Crippen LogP contribution in [0.5, 0.6) is 0 Å². The Kier molecular flexibility index (Phi) is 6.08. The van der Waals surface area contributed by atoms with E-state index >= 15 is 0 Å². The van der Waals surface area contributed by atoms with E-state index in [4.69, 9.17) is 17.3 Å². The van der Waals surface area contributed by atoms with Crippen molar-refractivity contribution in [1.82, 2.24) is 9.21 Å². The molecule has 2 aliphatic rings. The fourth-order valence-electron chi connectivity index (χ4n) is 3.74. The molecule has 1 aromatic rings. The third-order valence-electron chi connectivity index (χ3n) is 5.46. The number of nitrogens with two attached hydrogens (primary N) is 1. The van der Waals surface area contributed by atoms with E-state index in [9.17, 15) is 18.0 Å². The molecule has 2 aliphatic heterocycles. The minimum absolute atomic E-state index is 0.0569. The summed E-state index contributed by atoms with van der Waals surface area (Å²) < 4.78 is 26.9. The lowest BCUT2D eigenvalue weighted by Crippen LogP contribution is -2.47. The molecule has 2 fully saturated rings. The average Bonchev–Trinajstić information content (AvgIpc) is 2.68. The highest BCUT2D eigenvalue weighted by Crippen LogP contribution is 2.27. The van der Waals surface area contributed by atoms with Crippen LogP contribution in [-0.2, 0) is 19.6 Å². The number of piperidine rings is 2. The molecule has 3 rings (SSSR count). The van der Waals surface area contributed by atoms with E-state index in [2.05, 4.69) is 0 Å². The highest BCUT2D eigenvalue weighted by molar-refractivity contribution is 7.89. The van der Waals surface area contributed by atoms with Crippen LogP contribution in [0.1, 0.15) is 25.7 Å². The first kappa shape index (κ1) is 20.1. The Hall–Kier alpha value is -1.64. The smallest absolute Gasteiger partial charge is 0.243 e. The number of nitrogens with zero attached hydrogens (tertiary/aromatic N) is 2. The normalized spacial score (nSPS) is 20.6. The second-order valence-corrected chi connectivity index (χ2v) is 9.51. The van der Waals surface area contributed by atoms with Gasteiger partial charge in [-0.25, -0.2) is 8.42 Å². The lowest BCUT2D eigenvalue weighted by Gasteiger charge is -2.36. The van der Waals surface area contributed by atoms with Crippen molar-refractivity contribution in [2.75, 3.05) is 26.2 Å². The summed E-state index contributed by atoms with van der Waals surface area (Å²) >= 11 is 5.83. The zero-order valence-electron chi connectivity index (χ0n) is 15.0. The van der Waals surface area contributed by atoms with Crippen molar-refractivity contribution in [1.29, 1.82) is 0 Å². The van der Waals surface area contributed by atoms with Crippen LogP contribution in [0.15, 0.2) is 29.2 Å². The lowest BCUT2D eigenvalue weighted by atomic mass is 9.92. The molecule has 0 radical (unpaired) electrons. The minimum Gasteiger partial charge on any atom is -0.369 e. The Balaban J connectivity index is 1.56. The number of halogens is 1. The van der Waals surface area contributed by atoms with E-state index in [1.807, 2.05) is 0 Å². The molecule has 0 unspecified atom stereocenters. The van der Waals surface area contributed by atoms with Gasteiger partial charge in [-0.1, -0.05) is 11.6 Å². The fraction of sp³-hybridized carbons (Fsp3) is 0.556. The Morgan fingerprint density at radius 2 is 1.44 bits per heavy atom. The first-order valence-corrected chi connectivity index (χ1v) is 10.9. The molecule has 0 saturated carbocycles. The summed E-state index contributed by atoms with van der Waals surface area (Å²) in [4.78, 5) is 26.0. The van der Waals surface area contributed by atoms with Gasteiger partial charge in [0.2, 0.25) is 21.8 Å². The first-order chi connectivity index (χ1) is 12.8. The summed E-state index contributed by atoms with van der Waals surface area (Å²) in [5.41, 5.74) is 5.33. The van der Waals surface area contributed by atoms with Gasteiger partial charge in [0.05, 0.1) is 4.90 Å². The van der Waals surface area contributed by atoms with E-state index in [0.29, 0.717) is 56.9 Å². The highest BCUT2D eigenvalue weighted by atomic mass is 35.5. The number of carbonyl (C=O) groups is 2. The number of benzene rings is 1. The molecule has 9 heteroatoms. The van der Waals surface area contributed by atoms with Gasteiger partial charge in [0.1, 0.15) is 0 Å². The van der Waals surface area contributed by atoms with Gasteiger partial charge in [-0.15, -0.1) is 0 Å². The number of primary amides is 1. The molecule has 2 N–H and O–H groups in total. The predicted octanol–water partition coefficient (Wildman–Crippen LogP) is 1.46. The van der Waals surface area contributed by atoms with Crippen molar-refractivity contribution >= 4 is 33.4 Å². The van der Waals surface area contributed by atoms with Crippen LogP contribution >= 0.6 is 11.6 Å². The monoisotopic (exact) mass is 413 g/mol. The standard InChI is InChI=1S/C18H24ClN3O4S/c19-15-1-3-16(4-2-15)27(25,26)22-11-7-14(8-12-22)18(24)21-9-5-13(6-10-21)17(20)23/h1-4,13-14H,5-12H2,(H2,20,23). The van der Waals surface area contributed by atoms with Crippen LogP contribution in [0.4, 0.5) is 0 Å². The highest BCUT2D eigenvalue weighted by Gasteiger charge is 2.35. The van der Waals surface area contributed by atoms with E-state index in [1.54, 1.807) is 17.0 Å². The van der Waals surface area contributed by atoms with E-state index < -0.39 is 10.0 Å². The summed E-state index contributed by atoms with van der Waals surface area (Å²) in [6, 6.07) is 6.11. The molecular formula is C18H24ClN3O4S. The van der Waals surface area contributed by atoms with Crippen molar-refractivity contribution in [2.45, 2.75) is 30.6 Å². The van der Waals surface area contributed by atoms with Crippen molar-refractivity contribution in [2.24, 2.45) is 17.6 Å². The molecule has 0 bridgehead atoms. The number of hydrogen-bond acceptors (Lipinski definition) is 4. The van der Waals surface area contributed by atoms with E-state index in [1.165, 1.54) is 16.4 Å². The molecular weight excluding hydrogens is 390 g/mol. The Morgan fingerprint density at radius 3 is 1.96 bits per heavy atom. The molecule has 148 valence electrons. The van der Waals surface area contributed by atoms with Gasteiger partial charge in [-0.05, 0) is 49.9 Å². The van der Waals surface area contributed by atoms with Crippen LogP contribution in [0.2, 0.25) is 5.02 Å². The average molecular weight is 414 g/mol. The van der Waals surface area contributed by atoms with Crippen LogP contribution in [0, 0.1) is 11.8 Å². The molecule has 0 atom stereocenters. The number of likely N-dealkylation sites (tertiary alicyclic amines) is 1. The SMILES string of the molecule is NC(=O)C1CCN(C(=O)C2CCN(S(=O)(=O)c3ccc(Cl)cc3)CC2)CC1. The van der Waals surface area contributed by atoms with E-state index in [-0.39, 0.29) is 28.5 Å². The van der Waals surface area contributed by atoms with Gasteiger partial charge < -0.3 is 10.6 Å². The predicted molar refractivity (Wildman–Crippen MR) is 101 cm³/mol. The summed E-state index contributed by atoms with van der Waals surface area (Å²) in [5, 5.41) is 0.485. The molecule has 1 aromatic carbocycles. The fourth-order valence-corrected chi connectivity index (χ4v) is 5.34. The third-order valence-corrected chi connectivity index (χ3v) is 7.63. The maximum atomic E-state index is 12.7. The number of carbonyl (C=O) groups excluding carboxylic acids is 2. The summed E-state index contributed by atoms with van der Waals surface area (Å²) in [6.07, 6.45) is 2.21. The van der Waals surface area contributed by atoms with Crippen molar-refractivity contribution in [3.63, 3.8) is 0 Å². The van der Waals surface area contributed by atoms with Crippen molar-refractivity contribution < 1.29 is 18.0 Å². The topological polar surface area (TPSA) is 101 Å². The Bertz CT molecular complexity index is 796. The van der Waals surface area contributed by atoms with Gasteiger partial charge in [-0.3, -0.25) is 9.59 Å². The minimum atomic E-state index is -3.57. The van der Waals surface area contributed by atoms with Crippen LogP contribution in [0.25, 0.3) is 0 Å². The number of amides is 2. The summed E-state index contributed by atoms with van der Waals surface area (Å²) in [7, 11) is -3.57. The maximum Gasteiger partial charge on any atom is 0.243 e. The van der Waals surface area contributed by atoms with Gasteiger partial charge in [0, 0.05) is 43.0 Å². The second-order valence-electron chi connectivity index (χ2n) is 7.13. The molecule has 7 nitrogen and oxygen atoms in total. The largest absolute Gasteiger partial charge is 0.369 e. The number of hydrogen-bond donors (Lipinski definition) is 1. The molecule has 2 saturated heterocycles. The Morgan fingerprint density at radius 1 is 0.926 bits per heavy atom. The summed E-state index contributed by atoms with van der Waals surface area (Å²) in [6.45, 7) is 1.71. The number of sulfonamides is 1. The number of rotatable bonds is 4. The van der Waals surface area contributed by atoms with E-state index in [0.717, 1.165) is 0 Å². The van der Waals surface area contributed by atoms with Gasteiger partial charge >= 0.3 is 0 Å². The second kappa shape index (κ2) is 8.16. The molecule has 0 aliphatic carbocycles. The molecule has 2 amide bonds. The zero-order valence-corrected chi connectivity index (χ0v) is 16.6. The molecule has 2 heterocycles. The van der Waals surface area contributed by atoms with Crippen LogP contribution < -0.4 is 5.73 Å². The summed E-state index contributed by atoms with van der Waals surface area (Å²) in [5.74, 6) is -0.573.